The van der Waals surface area contributed by atoms with Crippen LogP contribution in [0.1, 0.15) is 0 Å². The van der Waals surface area contributed by atoms with Crippen molar-refractivity contribution in [3.8, 4) is 0 Å². The molecule has 5 nitrogen and oxygen atoms in total. The Morgan fingerprint density at radius 2 is 2.25 bits per heavy atom. The van der Waals surface area contributed by atoms with Crippen molar-refractivity contribution in [1.29, 1.82) is 0 Å². The highest BCUT2D eigenvalue weighted by molar-refractivity contribution is 4.95. The molecule has 0 bridgehead atoms. The van der Waals surface area contributed by atoms with Gasteiger partial charge in [0.05, 0.1) is 13.2 Å². The van der Waals surface area contributed by atoms with Gasteiger partial charge in [-0.25, -0.2) is 0 Å². The van der Waals surface area contributed by atoms with E-state index in [9.17, 15) is 5.11 Å². The second-order valence-corrected chi connectivity index (χ2v) is 2.78. The Morgan fingerprint density at radius 1 is 1.58 bits per heavy atom. The third-order valence-corrected chi connectivity index (χ3v) is 2.20. The molecule has 0 saturated carbocycles. The number of hydrogen-bond acceptors (Lipinski definition) is 5. The molecule has 1 heterocycles. The van der Waals surface area contributed by atoms with Crippen LogP contribution >= 0.6 is 0 Å². The van der Waals surface area contributed by atoms with E-state index in [0.717, 1.165) is 0 Å². The minimum atomic E-state index is -1.03. The Hall–Kier alpha value is -0.200. The first-order chi connectivity index (χ1) is 5.70. The highest BCUT2D eigenvalue weighted by Gasteiger charge is 2.50. The lowest BCUT2D eigenvalue weighted by molar-refractivity contribution is -0.152. The Kier molecular flexibility index (Phi) is 3.03. The van der Waals surface area contributed by atoms with Crippen molar-refractivity contribution in [1.82, 2.24) is 0 Å². The van der Waals surface area contributed by atoms with E-state index in [2.05, 4.69) is 0 Å². The maximum Gasteiger partial charge on any atom is 0.184 e. The molecule has 1 rings (SSSR count). The lowest BCUT2D eigenvalue weighted by atomic mass is 10.0. The quantitative estimate of drug-likeness (QED) is 0.564. The lowest BCUT2D eigenvalue weighted by Gasteiger charge is -2.29. The summed E-state index contributed by atoms with van der Waals surface area (Å²) in [6, 6.07) is 0. The fraction of sp³-hybridized carbons (Fsp3) is 1.00. The standard InChI is InChI=1S/C7H14O5/c1-10-5-6(9)12-4-7(5,3-8)11-2/h5-6,8-9H,3-4H2,1-2H3. The predicted octanol–water partition coefficient (Wildman–Crippen LogP) is -1.27. The summed E-state index contributed by atoms with van der Waals surface area (Å²) in [4.78, 5) is 0. The predicted molar refractivity (Wildman–Crippen MR) is 39.6 cm³/mol. The summed E-state index contributed by atoms with van der Waals surface area (Å²) >= 11 is 0. The van der Waals surface area contributed by atoms with Gasteiger partial charge in [0.25, 0.3) is 0 Å². The van der Waals surface area contributed by atoms with Gasteiger partial charge in [0.15, 0.2) is 6.29 Å². The number of aliphatic hydroxyl groups is 2. The molecule has 0 spiro atoms. The van der Waals surface area contributed by atoms with Crippen molar-refractivity contribution in [2.45, 2.75) is 18.0 Å². The number of ether oxygens (including phenoxy) is 3. The van der Waals surface area contributed by atoms with Gasteiger partial charge < -0.3 is 24.4 Å². The Labute approximate surface area is 70.9 Å². The van der Waals surface area contributed by atoms with Crippen LogP contribution in [0.25, 0.3) is 0 Å². The first kappa shape index (κ1) is 9.88. The molecule has 0 radical (unpaired) electrons. The molecule has 1 aliphatic rings. The molecular weight excluding hydrogens is 164 g/mol. The van der Waals surface area contributed by atoms with Gasteiger partial charge in [0, 0.05) is 14.2 Å². The van der Waals surface area contributed by atoms with Crippen LogP contribution in [0.2, 0.25) is 0 Å². The van der Waals surface area contributed by atoms with E-state index in [1.807, 2.05) is 0 Å². The Balaban J connectivity index is 2.74. The minimum Gasteiger partial charge on any atom is -0.393 e. The molecule has 12 heavy (non-hydrogen) atoms. The SMILES string of the molecule is COC1C(O)OCC1(CO)OC. The van der Waals surface area contributed by atoms with Crippen LogP contribution in [0.5, 0.6) is 0 Å². The number of rotatable bonds is 3. The minimum absolute atomic E-state index is 0.139. The highest BCUT2D eigenvalue weighted by Crippen LogP contribution is 2.28. The van der Waals surface area contributed by atoms with Crippen LogP contribution in [0.3, 0.4) is 0 Å². The van der Waals surface area contributed by atoms with Crippen LogP contribution in [0.15, 0.2) is 0 Å². The van der Waals surface area contributed by atoms with Gasteiger partial charge in [-0.1, -0.05) is 0 Å². The second-order valence-electron chi connectivity index (χ2n) is 2.78. The van der Waals surface area contributed by atoms with Gasteiger partial charge in [-0.15, -0.1) is 0 Å². The third kappa shape index (κ3) is 1.34. The van der Waals surface area contributed by atoms with Crippen LogP contribution in [-0.4, -0.2) is 55.6 Å². The molecule has 0 amide bonds. The third-order valence-electron chi connectivity index (χ3n) is 2.20. The Bertz CT molecular complexity index is 145. The normalized spacial score (nSPS) is 42.0. The van der Waals surface area contributed by atoms with Gasteiger partial charge in [-0.05, 0) is 0 Å². The van der Waals surface area contributed by atoms with Crippen molar-refractivity contribution in [2.24, 2.45) is 0 Å². The monoisotopic (exact) mass is 178 g/mol. The maximum absolute atomic E-state index is 9.25. The van der Waals surface area contributed by atoms with Crippen molar-refractivity contribution >= 4 is 0 Å². The second kappa shape index (κ2) is 3.68. The summed E-state index contributed by atoms with van der Waals surface area (Å²) < 4.78 is 14.9. The molecule has 1 saturated heterocycles. The summed E-state index contributed by atoms with van der Waals surface area (Å²) in [5.74, 6) is 0. The van der Waals surface area contributed by atoms with Crippen molar-refractivity contribution in [3.05, 3.63) is 0 Å². The van der Waals surface area contributed by atoms with E-state index < -0.39 is 18.0 Å². The van der Waals surface area contributed by atoms with Gasteiger partial charge in [0.1, 0.15) is 11.7 Å². The first-order valence-electron chi connectivity index (χ1n) is 3.68. The summed E-state index contributed by atoms with van der Waals surface area (Å²) in [5.41, 5.74) is -0.922. The summed E-state index contributed by atoms with van der Waals surface area (Å²) in [6.07, 6.45) is -1.66. The zero-order chi connectivity index (χ0) is 9.19. The lowest BCUT2D eigenvalue weighted by Crippen LogP contribution is -2.49. The number of hydrogen-bond donors (Lipinski definition) is 2. The largest absolute Gasteiger partial charge is 0.393 e. The molecule has 1 aliphatic heterocycles. The average Bonchev–Trinajstić information content (AvgIpc) is 2.43. The first-order valence-corrected chi connectivity index (χ1v) is 3.68. The average molecular weight is 178 g/mol. The van der Waals surface area contributed by atoms with Gasteiger partial charge in [-0.2, -0.15) is 0 Å². The molecule has 0 aromatic heterocycles. The molecule has 1 fully saturated rings. The smallest absolute Gasteiger partial charge is 0.184 e. The number of methoxy groups -OCH3 is 2. The van der Waals surface area contributed by atoms with Crippen LogP contribution < -0.4 is 0 Å². The van der Waals surface area contributed by atoms with Crippen molar-refractivity contribution < 1.29 is 24.4 Å². The fourth-order valence-electron chi connectivity index (χ4n) is 1.36. The fourth-order valence-corrected chi connectivity index (χ4v) is 1.36. The molecule has 3 unspecified atom stereocenters. The zero-order valence-corrected chi connectivity index (χ0v) is 7.19. The van der Waals surface area contributed by atoms with E-state index >= 15 is 0 Å². The van der Waals surface area contributed by atoms with E-state index in [-0.39, 0.29) is 13.2 Å². The molecule has 72 valence electrons. The molecular formula is C7H14O5. The molecule has 5 heteroatoms. The van der Waals surface area contributed by atoms with Crippen molar-refractivity contribution in [2.75, 3.05) is 27.4 Å². The molecule has 0 aromatic carbocycles. The Morgan fingerprint density at radius 3 is 2.58 bits per heavy atom. The summed E-state index contributed by atoms with van der Waals surface area (Å²) in [7, 11) is 2.88. The molecule has 2 N–H and O–H groups in total. The molecule has 0 aliphatic carbocycles. The van der Waals surface area contributed by atoms with Gasteiger partial charge >= 0.3 is 0 Å². The topological polar surface area (TPSA) is 68.2 Å². The van der Waals surface area contributed by atoms with Gasteiger partial charge in [-0.3, -0.25) is 0 Å². The van der Waals surface area contributed by atoms with Crippen LogP contribution in [0, 0.1) is 0 Å². The highest BCUT2D eigenvalue weighted by atomic mass is 16.7. The van der Waals surface area contributed by atoms with E-state index in [0.29, 0.717) is 0 Å². The number of aliphatic hydroxyl groups excluding tert-OH is 2. The van der Waals surface area contributed by atoms with Crippen LogP contribution in [0.4, 0.5) is 0 Å². The van der Waals surface area contributed by atoms with E-state index in [1.165, 1.54) is 14.2 Å². The summed E-state index contributed by atoms with van der Waals surface area (Å²) in [6.45, 7) is -0.0985. The van der Waals surface area contributed by atoms with Crippen molar-refractivity contribution in [3.63, 3.8) is 0 Å². The van der Waals surface area contributed by atoms with Gasteiger partial charge in [0.2, 0.25) is 0 Å². The van der Waals surface area contributed by atoms with E-state index in [1.54, 1.807) is 0 Å². The van der Waals surface area contributed by atoms with E-state index in [4.69, 9.17) is 19.3 Å². The summed E-state index contributed by atoms with van der Waals surface area (Å²) in [5, 5.41) is 18.3. The molecule has 3 atom stereocenters. The zero-order valence-electron chi connectivity index (χ0n) is 7.19. The maximum atomic E-state index is 9.25. The van der Waals surface area contributed by atoms with Crippen LogP contribution in [-0.2, 0) is 14.2 Å². The molecule has 0 aromatic rings.